The van der Waals surface area contributed by atoms with Gasteiger partial charge in [-0.1, -0.05) is 5.57 Å². The lowest BCUT2D eigenvalue weighted by molar-refractivity contribution is -0.116. The molecular formula is C21H20FN7O2. The van der Waals surface area contributed by atoms with Crippen LogP contribution in [0.1, 0.15) is 19.3 Å². The molecule has 1 amide bonds. The van der Waals surface area contributed by atoms with Crippen LogP contribution in [0.4, 0.5) is 21.8 Å². The summed E-state index contributed by atoms with van der Waals surface area (Å²) in [6.07, 6.45) is 5.18. The molecule has 0 unspecified atom stereocenters. The molecule has 0 aliphatic heterocycles. The van der Waals surface area contributed by atoms with E-state index in [1.807, 2.05) is 19.2 Å². The maximum atomic E-state index is 14.3. The van der Waals surface area contributed by atoms with E-state index in [1.165, 1.54) is 13.1 Å². The molecule has 2 heterocycles. The van der Waals surface area contributed by atoms with Crippen molar-refractivity contribution in [3.8, 4) is 0 Å². The summed E-state index contributed by atoms with van der Waals surface area (Å²) < 4.78 is 16.0. The lowest BCUT2D eigenvalue weighted by Crippen LogP contribution is -2.22. The van der Waals surface area contributed by atoms with Gasteiger partial charge in [0.2, 0.25) is 5.91 Å². The molecule has 2 aromatic heterocycles. The summed E-state index contributed by atoms with van der Waals surface area (Å²) in [6.45, 7) is 0. The van der Waals surface area contributed by atoms with E-state index in [0.717, 1.165) is 22.7 Å². The number of hydrogen-bond acceptors (Lipinski definition) is 7. The Hall–Kier alpha value is -3.95. The number of allylic oxidation sites excluding steroid dienone is 1. The molecule has 158 valence electrons. The number of aromatic nitrogens is 4. The van der Waals surface area contributed by atoms with Gasteiger partial charge in [0.05, 0.1) is 23.6 Å². The minimum absolute atomic E-state index is 0.00608. The van der Waals surface area contributed by atoms with E-state index in [9.17, 15) is 14.0 Å². The van der Waals surface area contributed by atoms with Crippen LogP contribution < -0.4 is 10.6 Å². The van der Waals surface area contributed by atoms with Crippen LogP contribution in [0.15, 0.2) is 47.2 Å². The van der Waals surface area contributed by atoms with Gasteiger partial charge in [-0.05, 0) is 31.0 Å². The van der Waals surface area contributed by atoms with Crippen LogP contribution in [-0.4, -0.2) is 44.2 Å². The first kappa shape index (κ1) is 20.3. The van der Waals surface area contributed by atoms with Crippen LogP contribution in [0.5, 0.6) is 0 Å². The second kappa shape index (κ2) is 8.42. The zero-order valence-corrected chi connectivity index (χ0v) is 17.0. The molecule has 1 saturated carbocycles. The fourth-order valence-electron chi connectivity index (χ4n) is 3.31. The third kappa shape index (κ3) is 4.47. The van der Waals surface area contributed by atoms with E-state index in [-0.39, 0.29) is 29.9 Å². The molecule has 1 aliphatic rings. The minimum atomic E-state index is -0.638. The highest BCUT2D eigenvalue weighted by atomic mass is 19.1. The number of nitrogens with one attached hydrogen (secondary N) is 2. The number of carbonyl (C=O) groups excluding carboxylic acids is 2. The van der Waals surface area contributed by atoms with Crippen LogP contribution in [0.25, 0.3) is 10.9 Å². The number of rotatable bonds is 4. The van der Waals surface area contributed by atoms with Crippen molar-refractivity contribution in [2.45, 2.75) is 19.3 Å². The molecule has 0 saturated heterocycles. The topological polar surface area (TPSA) is 114 Å². The molecule has 4 rings (SSSR count). The fourth-order valence-corrected chi connectivity index (χ4v) is 3.31. The first-order valence-electron chi connectivity index (χ1n) is 9.66. The summed E-state index contributed by atoms with van der Waals surface area (Å²) in [5.74, 6) is -1.13. The van der Waals surface area contributed by atoms with Gasteiger partial charge >= 0.3 is 0 Å². The van der Waals surface area contributed by atoms with Crippen molar-refractivity contribution >= 4 is 45.8 Å². The number of fused-ring (bicyclic) bond motifs is 1. The number of aryl methyl sites for hydroxylation is 1. The largest absolute Gasteiger partial charge is 0.356 e. The molecule has 1 fully saturated rings. The lowest BCUT2D eigenvalue weighted by atomic mass is 9.91. The second-order valence-electron chi connectivity index (χ2n) is 7.11. The molecule has 10 heteroatoms. The minimum Gasteiger partial charge on any atom is -0.356 e. The molecule has 1 aromatic carbocycles. The number of amides is 1. The number of likely N-dealkylation sites (N-methyl/N-ethyl adjacent to an activating group) is 1. The van der Waals surface area contributed by atoms with Gasteiger partial charge in [0.25, 0.3) is 5.95 Å². The summed E-state index contributed by atoms with van der Waals surface area (Å²) in [5.41, 5.74) is 2.63. The Morgan fingerprint density at radius 3 is 2.90 bits per heavy atom. The van der Waals surface area contributed by atoms with Crippen molar-refractivity contribution in [1.82, 2.24) is 25.1 Å². The average Bonchev–Trinajstić information content (AvgIpc) is 3.12. The van der Waals surface area contributed by atoms with Crippen molar-refractivity contribution in [1.29, 1.82) is 0 Å². The molecule has 1 aliphatic carbocycles. The molecule has 0 spiro atoms. The molecule has 9 nitrogen and oxygen atoms in total. The maximum absolute atomic E-state index is 14.3. The van der Waals surface area contributed by atoms with Crippen LogP contribution >= 0.6 is 0 Å². The highest BCUT2D eigenvalue weighted by molar-refractivity contribution is 6.41. The van der Waals surface area contributed by atoms with Crippen LogP contribution in [0.2, 0.25) is 0 Å². The Labute approximate surface area is 177 Å². The van der Waals surface area contributed by atoms with E-state index in [0.29, 0.717) is 24.2 Å². The van der Waals surface area contributed by atoms with E-state index < -0.39 is 5.82 Å². The van der Waals surface area contributed by atoms with Crippen molar-refractivity contribution in [3.63, 3.8) is 0 Å². The SMILES string of the molecule is CNC(=O)C=C1CCC(=Nc2ncc(F)c(Nc3ccc4c(cnn4C)c3)n2)C(=O)C1. The Kier molecular flexibility index (Phi) is 5.52. The fraction of sp³-hybridized carbons (Fsp3) is 0.238. The van der Waals surface area contributed by atoms with E-state index in [4.69, 9.17) is 0 Å². The van der Waals surface area contributed by atoms with Gasteiger partial charge in [-0.2, -0.15) is 10.1 Å². The van der Waals surface area contributed by atoms with Crippen molar-refractivity contribution < 1.29 is 14.0 Å². The summed E-state index contributed by atoms with van der Waals surface area (Å²) in [5, 5.41) is 10.5. The monoisotopic (exact) mass is 421 g/mol. The number of nitrogens with zero attached hydrogens (tertiary/aromatic N) is 5. The highest BCUT2D eigenvalue weighted by Crippen LogP contribution is 2.25. The maximum Gasteiger partial charge on any atom is 0.251 e. The number of anilines is 2. The lowest BCUT2D eigenvalue weighted by Gasteiger charge is -2.15. The van der Waals surface area contributed by atoms with Gasteiger partial charge in [0.15, 0.2) is 17.4 Å². The van der Waals surface area contributed by atoms with E-state index >= 15 is 0 Å². The zero-order valence-electron chi connectivity index (χ0n) is 17.0. The summed E-state index contributed by atoms with van der Waals surface area (Å²) in [6, 6.07) is 5.50. The molecule has 0 atom stereocenters. The van der Waals surface area contributed by atoms with Crippen LogP contribution in [0, 0.1) is 5.82 Å². The van der Waals surface area contributed by atoms with Gasteiger partial charge < -0.3 is 10.6 Å². The van der Waals surface area contributed by atoms with Crippen molar-refractivity contribution in [2.75, 3.05) is 12.4 Å². The number of halogens is 1. The third-order valence-corrected chi connectivity index (χ3v) is 4.95. The van der Waals surface area contributed by atoms with Crippen molar-refractivity contribution in [2.24, 2.45) is 12.0 Å². The predicted octanol–water partition coefficient (Wildman–Crippen LogP) is 2.74. The van der Waals surface area contributed by atoms with Gasteiger partial charge in [0, 0.05) is 37.7 Å². The quantitative estimate of drug-likeness (QED) is 0.626. The Balaban J connectivity index is 1.54. The second-order valence-corrected chi connectivity index (χ2v) is 7.11. The number of benzene rings is 1. The van der Waals surface area contributed by atoms with Gasteiger partial charge in [-0.3, -0.25) is 14.3 Å². The highest BCUT2D eigenvalue weighted by Gasteiger charge is 2.21. The standard InChI is InChI=1S/C21H20FN7O2/c1-23-19(31)8-12-3-5-16(18(30)7-12)27-21-24-11-15(22)20(28-21)26-14-4-6-17-13(9-14)10-25-29(17)2/h4,6,8-11H,3,5,7H2,1-2H3,(H,23,31)(H,24,26,28). The summed E-state index contributed by atoms with van der Waals surface area (Å²) >= 11 is 0. The smallest absolute Gasteiger partial charge is 0.251 e. The number of carbonyl (C=O) groups is 2. The van der Waals surface area contributed by atoms with Gasteiger partial charge in [0.1, 0.15) is 0 Å². The average molecular weight is 421 g/mol. The Bertz CT molecular complexity index is 1250. The van der Waals surface area contributed by atoms with E-state index in [2.05, 4.69) is 30.7 Å². The van der Waals surface area contributed by atoms with Crippen LogP contribution in [0.3, 0.4) is 0 Å². The zero-order chi connectivity index (χ0) is 22.0. The number of aliphatic imine (C=N–C) groups is 1. The first-order valence-corrected chi connectivity index (χ1v) is 9.66. The first-order chi connectivity index (χ1) is 14.9. The van der Waals surface area contributed by atoms with Crippen LogP contribution in [-0.2, 0) is 16.6 Å². The molecule has 0 radical (unpaired) electrons. The third-order valence-electron chi connectivity index (χ3n) is 4.95. The molecular weight excluding hydrogens is 401 g/mol. The predicted molar refractivity (Wildman–Crippen MR) is 114 cm³/mol. The number of ketones is 1. The van der Waals surface area contributed by atoms with Gasteiger partial charge in [-0.25, -0.2) is 14.4 Å². The summed E-state index contributed by atoms with van der Waals surface area (Å²) in [4.78, 5) is 36.1. The Morgan fingerprint density at radius 2 is 2.13 bits per heavy atom. The van der Waals surface area contributed by atoms with Gasteiger partial charge in [-0.15, -0.1) is 0 Å². The Morgan fingerprint density at radius 1 is 1.29 bits per heavy atom. The summed E-state index contributed by atoms with van der Waals surface area (Å²) in [7, 11) is 3.37. The molecule has 2 N–H and O–H groups in total. The molecule has 31 heavy (non-hydrogen) atoms. The van der Waals surface area contributed by atoms with E-state index in [1.54, 1.807) is 16.9 Å². The molecule has 0 bridgehead atoms. The number of hydrogen-bond donors (Lipinski definition) is 2. The van der Waals surface area contributed by atoms with Crippen molar-refractivity contribution in [3.05, 3.63) is 48.1 Å². The number of Topliss-reactive ketones (excluding diaryl/α,β-unsaturated/α-hetero) is 1. The molecule has 3 aromatic rings. The normalized spacial score (nSPS) is 16.8.